The van der Waals surface area contributed by atoms with Crippen LogP contribution >= 0.6 is 0 Å². The van der Waals surface area contributed by atoms with E-state index in [2.05, 4.69) is 10.4 Å². The molecule has 9 heteroatoms. The van der Waals surface area contributed by atoms with Gasteiger partial charge in [0.05, 0.1) is 23.9 Å². The lowest BCUT2D eigenvalue weighted by Gasteiger charge is -2.20. The number of aryl methyl sites for hydroxylation is 1. The zero-order valence-electron chi connectivity index (χ0n) is 17.1. The fourth-order valence-corrected chi connectivity index (χ4v) is 3.18. The number of carbonyl (C=O) groups is 2. The fourth-order valence-electron chi connectivity index (χ4n) is 3.18. The Balaban J connectivity index is 1.58. The van der Waals surface area contributed by atoms with Crippen LogP contribution in [0.3, 0.4) is 0 Å². The molecule has 0 saturated carbocycles. The molecule has 0 unspecified atom stereocenters. The number of aromatic nitrogens is 2. The number of nitrogens with zero attached hydrogens (tertiary/aromatic N) is 2. The minimum absolute atomic E-state index is 0.00849. The van der Waals surface area contributed by atoms with E-state index in [1.54, 1.807) is 43.3 Å². The molecular weight excluding hydrogens is 403 g/mol. The Hall–Kier alpha value is -3.75. The van der Waals surface area contributed by atoms with Crippen LogP contribution in [-0.2, 0) is 22.7 Å². The third-order valence-corrected chi connectivity index (χ3v) is 4.90. The van der Waals surface area contributed by atoms with Crippen molar-refractivity contribution in [3.05, 3.63) is 80.6 Å². The maximum absolute atomic E-state index is 12.9. The molecule has 31 heavy (non-hydrogen) atoms. The van der Waals surface area contributed by atoms with Crippen molar-refractivity contribution in [2.24, 2.45) is 0 Å². The van der Waals surface area contributed by atoms with E-state index in [1.165, 1.54) is 17.0 Å². The van der Waals surface area contributed by atoms with Gasteiger partial charge >= 0.3 is 0 Å². The second-order valence-corrected chi connectivity index (χ2v) is 7.00. The quantitative estimate of drug-likeness (QED) is 0.568. The molecule has 1 aromatic heterocycles. The molecule has 0 aliphatic heterocycles. The average molecular weight is 426 g/mol. The molecule has 3 aromatic rings. The molecule has 1 heterocycles. The molecule has 2 amide bonds. The Kier molecular flexibility index (Phi) is 6.96. The topological polar surface area (TPSA) is 104 Å². The maximum Gasteiger partial charge on any atom is 0.273 e. The molecule has 0 spiro atoms. The van der Waals surface area contributed by atoms with Crippen molar-refractivity contribution in [1.82, 2.24) is 20.0 Å². The van der Waals surface area contributed by atoms with Crippen LogP contribution in [0.25, 0.3) is 10.8 Å². The van der Waals surface area contributed by atoms with E-state index < -0.39 is 5.56 Å². The molecule has 0 aliphatic rings. The molecule has 0 bridgehead atoms. The smallest absolute Gasteiger partial charge is 0.273 e. The molecule has 8 nitrogen and oxygen atoms in total. The second-order valence-electron chi connectivity index (χ2n) is 7.00. The number of fused-ring (bicyclic) bond motifs is 1. The third-order valence-electron chi connectivity index (χ3n) is 4.90. The molecule has 0 aliphatic carbocycles. The fraction of sp³-hybridized carbons (Fsp3) is 0.273. The summed E-state index contributed by atoms with van der Waals surface area (Å²) in [4.78, 5) is 50.8. The van der Waals surface area contributed by atoms with Crippen molar-refractivity contribution >= 4 is 22.6 Å². The van der Waals surface area contributed by atoms with Crippen LogP contribution in [0.4, 0.5) is 4.39 Å². The lowest BCUT2D eigenvalue weighted by Crippen LogP contribution is -2.41. The number of H-pyrrole nitrogens is 1. The highest BCUT2D eigenvalue weighted by Crippen LogP contribution is 2.04. The molecule has 0 saturated heterocycles. The van der Waals surface area contributed by atoms with Gasteiger partial charge in [0, 0.05) is 19.5 Å². The highest BCUT2D eigenvalue weighted by Gasteiger charge is 2.16. The maximum atomic E-state index is 12.9. The van der Waals surface area contributed by atoms with Crippen molar-refractivity contribution in [3.63, 3.8) is 0 Å². The Bertz CT molecular complexity index is 1200. The van der Waals surface area contributed by atoms with Gasteiger partial charge in [0.2, 0.25) is 11.8 Å². The lowest BCUT2D eigenvalue weighted by atomic mass is 10.2. The Morgan fingerprint density at radius 2 is 1.74 bits per heavy atom. The summed E-state index contributed by atoms with van der Waals surface area (Å²) >= 11 is 0. The molecule has 0 fully saturated rings. The third kappa shape index (κ3) is 5.44. The average Bonchev–Trinajstić information content (AvgIpc) is 2.78. The first kappa shape index (κ1) is 21.9. The number of rotatable bonds is 8. The number of halogens is 1. The van der Waals surface area contributed by atoms with Gasteiger partial charge in [0.1, 0.15) is 5.82 Å². The number of nitrogens with one attached hydrogen (secondary N) is 2. The molecule has 0 radical (unpaired) electrons. The second kappa shape index (κ2) is 9.84. The molecule has 2 N–H and O–H groups in total. The first-order valence-electron chi connectivity index (χ1n) is 9.90. The van der Waals surface area contributed by atoms with E-state index in [-0.39, 0.29) is 54.6 Å². The van der Waals surface area contributed by atoms with Crippen LogP contribution < -0.4 is 16.4 Å². The summed E-state index contributed by atoms with van der Waals surface area (Å²) in [6.45, 7) is 2.13. The number of benzene rings is 2. The van der Waals surface area contributed by atoms with Crippen LogP contribution in [0.5, 0.6) is 0 Å². The van der Waals surface area contributed by atoms with Crippen molar-refractivity contribution in [1.29, 1.82) is 0 Å². The van der Waals surface area contributed by atoms with Gasteiger partial charge < -0.3 is 10.2 Å². The predicted octanol–water partition coefficient (Wildman–Crippen LogP) is 1.38. The number of aromatic amines is 1. The van der Waals surface area contributed by atoms with Crippen molar-refractivity contribution in [3.8, 4) is 0 Å². The van der Waals surface area contributed by atoms with Crippen LogP contribution in [-0.4, -0.2) is 39.6 Å². The Morgan fingerprint density at radius 1 is 1.06 bits per heavy atom. The molecule has 162 valence electrons. The Labute approximate surface area is 177 Å². The summed E-state index contributed by atoms with van der Waals surface area (Å²) in [5, 5.41) is 5.75. The molecule has 2 aromatic carbocycles. The van der Waals surface area contributed by atoms with Crippen LogP contribution in [0.1, 0.15) is 18.9 Å². The van der Waals surface area contributed by atoms with Crippen molar-refractivity contribution in [2.45, 2.75) is 26.4 Å². The largest absolute Gasteiger partial charge is 0.350 e. The van der Waals surface area contributed by atoms with Crippen LogP contribution in [0, 0.1) is 5.82 Å². The van der Waals surface area contributed by atoms with Crippen molar-refractivity contribution < 1.29 is 14.0 Å². The van der Waals surface area contributed by atoms with Crippen molar-refractivity contribution in [2.75, 3.05) is 13.1 Å². The van der Waals surface area contributed by atoms with Gasteiger partial charge in [-0.25, -0.2) is 9.07 Å². The van der Waals surface area contributed by atoms with Gasteiger partial charge in [-0.05, 0) is 36.8 Å². The number of hydrogen-bond donors (Lipinski definition) is 2. The minimum atomic E-state index is -0.407. The van der Waals surface area contributed by atoms with Gasteiger partial charge in [-0.3, -0.25) is 24.3 Å². The first-order valence-corrected chi connectivity index (χ1v) is 9.90. The summed E-state index contributed by atoms with van der Waals surface area (Å²) in [5.74, 6) is -1.03. The van der Waals surface area contributed by atoms with E-state index in [1.807, 2.05) is 0 Å². The summed E-state index contributed by atoms with van der Waals surface area (Å²) in [5.41, 5.74) is -0.0537. The minimum Gasteiger partial charge on any atom is -0.350 e. The standard InChI is InChI=1S/C22H23FN4O4/c1-2-26(14-19(28)24-13-15-7-9-16(23)10-8-15)20(29)11-12-27-22(31)18-6-4-3-5-17(18)21(30)25-27/h3-10H,2,11-14H2,1H3,(H,24,28)(H,25,30). The first-order chi connectivity index (χ1) is 14.9. The number of carbonyl (C=O) groups excluding carboxylic acids is 2. The summed E-state index contributed by atoms with van der Waals surface area (Å²) in [6, 6.07) is 12.2. The van der Waals surface area contributed by atoms with E-state index in [0.29, 0.717) is 11.9 Å². The molecule has 0 atom stereocenters. The van der Waals surface area contributed by atoms with E-state index in [9.17, 15) is 23.6 Å². The van der Waals surface area contributed by atoms with Gasteiger partial charge in [-0.1, -0.05) is 24.3 Å². The predicted molar refractivity (Wildman–Crippen MR) is 114 cm³/mol. The summed E-state index contributed by atoms with van der Waals surface area (Å²) < 4.78 is 14.1. The normalized spacial score (nSPS) is 10.8. The summed E-state index contributed by atoms with van der Waals surface area (Å²) in [6.07, 6.45) is -0.0483. The van der Waals surface area contributed by atoms with Crippen LogP contribution in [0.2, 0.25) is 0 Å². The summed E-state index contributed by atoms with van der Waals surface area (Å²) in [7, 11) is 0. The zero-order chi connectivity index (χ0) is 22.4. The molecule has 3 rings (SSSR count). The Morgan fingerprint density at radius 3 is 2.42 bits per heavy atom. The van der Waals surface area contributed by atoms with Gasteiger partial charge in [-0.2, -0.15) is 0 Å². The highest BCUT2D eigenvalue weighted by molar-refractivity contribution is 5.84. The highest BCUT2D eigenvalue weighted by atomic mass is 19.1. The van der Waals surface area contributed by atoms with E-state index in [0.717, 1.165) is 10.2 Å². The molecular formula is C22H23FN4O4. The number of likely N-dealkylation sites (N-methyl/N-ethyl adjacent to an activating group) is 1. The number of hydrogen-bond acceptors (Lipinski definition) is 4. The van der Waals surface area contributed by atoms with Gasteiger partial charge in [-0.15, -0.1) is 0 Å². The van der Waals surface area contributed by atoms with Crippen LogP contribution in [0.15, 0.2) is 58.1 Å². The van der Waals surface area contributed by atoms with Gasteiger partial charge in [0.25, 0.3) is 11.1 Å². The zero-order valence-corrected chi connectivity index (χ0v) is 17.1. The monoisotopic (exact) mass is 426 g/mol. The van der Waals surface area contributed by atoms with E-state index >= 15 is 0 Å². The SMILES string of the molecule is CCN(CC(=O)NCc1ccc(F)cc1)C(=O)CCn1[nH]c(=O)c2ccccc2c1=O. The van der Waals surface area contributed by atoms with E-state index in [4.69, 9.17) is 0 Å². The van der Waals surface area contributed by atoms with Gasteiger partial charge in [0.15, 0.2) is 0 Å². The lowest BCUT2D eigenvalue weighted by molar-refractivity contribution is -0.136. The number of amides is 2.